The Morgan fingerprint density at radius 2 is 1.14 bits per heavy atom. The molecule has 10 atom stereocenters. The number of unbranched alkanes of at least 4 members (excludes halogenated alkanes) is 13. The largest absolute Gasteiger partial charge is 0.472 e. The molecule has 0 aromatic heterocycles. The van der Waals surface area contributed by atoms with E-state index in [2.05, 4.69) is 6.92 Å². The van der Waals surface area contributed by atoms with Crippen LogP contribution in [0.2, 0.25) is 0 Å². The summed E-state index contributed by atoms with van der Waals surface area (Å²) in [4.78, 5) is 35.7. The maximum absolute atomic E-state index is 12.8. The van der Waals surface area contributed by atoms with E-state index in [1.165, 1.54) is 51.4 Å². The van der Waals surface area contributed by atoms with Crippen LogP contribution < -0.4 is 0 Å². The summed E-state index contributed by atoms with van der Waals surface area (Å²) in [6.45, 7) is 2.94. The predicted molar refractivity (Wildman–Crippen MR) is 242 cm³/mol. The lowest BCUT2D eigenvalue weighted by Gasteiger charge is -2.41. The van der Waals surface area contributed by atoms with Crippen LogP contribution in [0.1, 0.15) is 142 Å². The first-order valence-electron chi connectivity index (χ1n) is 23.0. The summed E-state index contributed by atoms with van der Waals surface area (Å²) < 4.78 is 33.3. The maximum atomic E-state index is 12.8. The van der Waals surface area contributed by atoms with Gasteiger partial charge in [-0.05, 0) is 38.5 Å². The van der Waals surface area contributed by atoms with Crippen molar-refractivity contribution in [3.8, 4) is 0 Å². The zero-order chi connectivity index (χ0) is 46.7. The van der Waals surface area contributed by atoms with Gasteiger partial charge >= 0.3 is 19.8 Å². The molecule has 0 spiro atoms. The Balaban J connectivity index is 2.59. The standard InChI is InChI=1S/C47H79O15P/c1-3-5-7-8-9-10-11-12-13-14-18-21-27-33-40(50)59-35-39(36-60-63(57,58)62-47-45(55)43(53)42(52)44(54)46(47)56)61-41(51)34-28-22-26-32-38(49)31-25-20-17-15-16-19-24-30-37(48)29-23-6-4-2/h6,16-17,19-20,23-26,30-32,37-39,42-49,52-56H,3-5,7-15,18,21-22,27-29,33-36H2,1-2H3,(H,57,58)/b19-16-,20-17-,23-6-,30-24+,31-25+,32-26-/t37-,38-,39+,42?,43-,44+,45+,46+,47?/m0/s1. The molecule has 1 rings (SSSR count). The first-order valence-corrected chi connectivity index (χ1v) is 24.5. The highest BCUT2D eigenvalue weighted by molar-refractivity contribution is 7.47. The van der Waals surface area contributed by atoms with Crippen LogP contribution in [0.3, 0.4) is 0 Å². The van der Waals surface area contributed by atoms with Crippen LogP contribution in [0.15, 0.2) is 72.9 Å². The fourth-order valence-corrected chi connectivity index (χ4v) is 7.47. The first-order chi connectivity index (χ1) is 30.2. The lowest BCUT2D eigenvalue weighted by atomic mass is 9.85. The molecule has 0 aromatic rings. The summed E-state index contributed by atoms with van der Waals surface area (Å²) >= 11 is 0. The molecule has 63 heavy (non-hydrogen) atoms. The molecule has 1 saturated carbocycles. The Bertz CT molecular complexity index is 1410. The van der Waals surface area contributed by atoms with Crippen LogP contribution in [-0.4, -0.2) is 121 Å². The van der Waals surface area contributed by atoms with Gasteiger partial charge in [-0.1, -0.05) is 164 Å². The molecule has 1 aliphatic carbocycles. The number of aliphatic hydroxyl groups is 7. The van der Waals surface area contributed by atoms with Crippen LogP contribution in [0.5, 0.6) is 0 Å². The second-order valence-electron chi connectivity index (χ2n) is 15.9. The van der Waals surface area contributed by atoms with E-state index in [-0.39, 0.29) is 12.8 Å². The van der Waals surface area contributed by atoms with Crippen molar-refractivity contribution >= 4 is 19.8 Å². The van der Waals surface area contributed by atoms with Gasteiger partial charge in [0.15, 0.2) is 6.10 Å². The molecule has 0 bridgehead atoms. The maximum Gasteiger partial charge on any atom is 0.472 e. The number of hydrogen-bond acceptors (Lipinski definition) is 14. The number of aliphatic hydroxyl groups excluding tert-OH is 7. The summed E-state index contributed by atoms with van der Waals surface area (Å²) in [5.74, 6) is -1.29. The van der Waals surface area contributed by atoms with Gasteiger partial charge in [0.05, 0.1) is 18.8 Å². The normalized spacial score (nSPS) is 23.4. The summed E-state index contributed by atoms with van der Waals surface area (Å²) in [5, 5.41) is 70.2. The van der Waals surface area contributed by atoms with Crippen molar-refractivity contribution in [1.82, 2.24) is 0 Å². The topological polar surface area (TPSA) is 250 Å². The summed E-state index contributed by atoms with van der Waals surface area (Å²) in [7, 11) is -5.18. The van der Waals surface area contributed by atoms with Gasteiger partial charge in [-0.2, -0.15) is 0 Å². The van der Waals surface area contributed by atoms with Crippen molar-refractivity contribution < 1.29 is 73.3 Å². The molecule has 0 amide bonds. The average Bonchev–Trinajstić information content (AvgIpc) is 3.25. The minimum atomic E-state index is -5.18. The summed E-state index contributed by atoms with van der Waals surface area (Å²) in [5.41, 5.74) is 0. The van der Waals surface area contributed by atoms with E-state index < -0.39 is 87.9 Å². The van der Waals surface area contributed by atoms with E-state index >= 15 is 0 Å². The number of carbonyl (C=O) groups excluding carboxylic acids is 2. The van der Waals surface area contributed by atoms with Crippen molar-refractivity contribution in [2.45, 2.75) is 197 Å². The van der Waals surface area contributed by atoms with E-state index in [0.717, 1.165) is 32.1 Å². The minimum absolute atomic E-state index is 0.0914. The number of carbonyl (C=O) groups is 2. The molecule has 0 saturated heterocycles. The highest BCUT2D eigenvalue weighted by Crippen LogP contribution is 2.47. The number of phosphoric ester groups is 1. The fraction of sp³-hybridized carbons (Fsp3) is 0.702. The molecule has 8 N–H and O–H groups in total. The molecule has 0 heterocycles. The Morgan fingerprint density at radius 1 is 0.603 bits per heavy atom. The molecule has 1 aliphatic rings. The van der Waals surface area contributed by atoms with E-state index in [0.29, 0.717) is 32.1 Å². The number of esters is 2. The monoisotopic (exact) mass is 915 g/mol. The van der Waals surface area contributed by atoms with Gasteiger partial charge in [-0.25, -0.2) is 4.57 Å². The van der Waals surface area contributed by atoms with Crippen LogP contribution in [0, 0.1) is 0 Å². The van der Waals surface area contributed by atoms with Crippen LogP contribution in [0.4, 0.5) is 0 Å². The van der Waals surface area contributed by atoms with Crippen LogP contribution in [0.25, 0.3) is 0 Å². The molecule has 3 unspecified atom stereocenters. The van der Waals surface area contributed by atoms with E-state index in [4.69, 9.17) is 18.5 Å². The highest BCUT2D eigenvalue weighted by atomic mass is 31.2. The van der Waals surface area contributed by atoms with Gasteiger partial charge in [0.2, 0.25) is 0 Å². The Kier molecular flexibility index (Phi) is 33.7. The fourth-order valence-electron chi connectivity index (χ4n) is 6.50. The van der Waals surface area contributed by atoms with E-state index in [1.807, 2.05) is 37.3 Å². The SMILES string of the molecule is CC/C=C\C[C@H](O)/C=C/C=C\C/C=C\C=C\[C@H](O)/C=C\CCCC(=O)O[C@H](COC(=O)CCCCCCCCCCCCCCC)COP(=O)(O)OC1[C@H](O)[C@H](O)C(O)[C@H](O)[C@H]1O. The van der Waals surface area contributed by atoms with Gasteiger partial charge in [0.1, 0.15) is 43.2 Å². The van der Waals surface area contributed by atoms with Crippen molar-refractivity contribution in [1.29, 1.82) is 0 Å². The van der Waals surface area contributed by atoms with Gasteiger partial charge in [-0.3, -0.25) is 18.6 Å². The smallest absolute Gasteiger partial charge is 0.462 e. The molecule has 1 fully saturated rings. The van der Waals surface area contributed by atoms with Gasteiger partial charge < -0.3 is 50.1 Å². The Hall–Kier alpha value is -2.79. The quantitative estimate of drug-likeness (QED) is 0.0108. The molecule has 0 radical (unpaired) electrons. The summed E-state index contributed by atoms with van der Waals surface area (Å²) in [6, 6.07) is 0. The zero-order valence-corrected chi connectivity index (χ0v) is 38.5. The number of hydrogen-bond donors (Lipinski definition) is 8. The van der Waals surface area contributed by atoms with Crippen molar-refractivity contribution in [2.75, 3.05) is 13.2 Å². The lowest BCUT2D eigenvalue weighted by molar-refractivity contribution is -0.220. The van der Waals surface area contributed by atoms with Crippen molar-refractivity contribution in [3.05, 3.63) is 72.9 Å². The molecular weight excluding hydrogens is 835 g/mol. The number of allylic oxidation sites excluding steroid dienone is 8. The van der Waals surface area contributed by atoms with Gasteiger partial charge in [-0.15, -0.1) is 0 Å². The predicted octanol–water partition coefficient (Wildman–Crippen LogP) is 6.66. The first kappa shape index (κ1) is 58.2. The molecule has 0 aliphatic heterocycles. The number of phosphoric acid groups is 1. The van der Waals surface area contributed by atoms with Crippen molar-refractivity contribution in [3.63, 3.8) is 0 Å². The van der Waals surface area contributed by atoms with E-state index in [1.54, 1.807) is 42.5 Å². The Labute approximate surface area is 375 Å². The third-order valence-corrected chi connectivity index (χ3v) is 11.2. The van der Waals surface area contributed by atoms with Crippen LogP contribution in [-0.2, 0) is 32.7 Å². The van der Waals surface area contributed by atoms with Gasteiger partial charge in [0.25, 0.3) is 0 Å². The average molecular weight is 915 g/mol. The lowest BCUT2D eigenvalue weighted by Crippen LogP contribution is -2.64. The molecule has 16 heteroatoms. The highest BCUT2D eigenvalue weighted by Gasteiger charge is 2.51. The second-order valence-corrected chi connectivity index (χ2v) is 17.3. The van der Waals surface area contributed by atoms with Crippen molar-refractivity contribution in [2.24, 2.45) is 0 Å². The number of ether oxygens (including phenoxy) is 2. The third kappa shape index (κ3) is 29.4. The number of rotatable bonds is 36. The molecule has 0 aromatic carbocycles. The zero-order valence-electron chi connectivity index (χ0n) is 37.6. The van der Waals surface area contributed by atoms with Gasteiger partial charge in [0, 0.05) is 12.8 Å². The van der Waals surface area contributed by atoms with Crippen LogP contribution >= 0.6 is 7.82 Å². The Morgan fingerprint density at radius 3 is 1.73 bits per heavy atom. The molecular formula is C47H79O15P. The minimum Gasteiger partial charge on any atom is -0.462 e. The second kappa shape index (κ2) is 36.4. The van der Waals surface area contributed by atoms with E-state index in [9.17, 15) is 54.8 Å². The third-order valence-electron chi connectivity index (χ3n) is 10.2. The summed E-state index contributed by atoms with van der Waals surface area (Å²) in [6.07, 6.45) is 24.5. The molecule has 15 nitrogen and oxygen atoms in total. The molecule has 362 valence electrons.